The van der Waals surface area contributed by atoms with Crippen LogP contribution in [0, 0.1) is 0 Å². The van der Waals surface area contributed by atoms with Crippen LogP contribution < -0.4 is 0 Å². The highest BCUT2D eigenvalue weighted by atomic mass is 16.3. The summed E-state index contributed by atoms with van der Waals surface area (Å²) in [5.41, 5.74) is -0.721. The molecule has 14 heavy (non-hydrogen) atoms. The van der Waals surface area contributed by atoms with Crippen molar-refractivity contribution in [2.75, 3.05) is 6.61 Å². The number of aliphatic hydroxyl groups is 2. The Kier molecular flexibility index (Phi) is 7.44. The van der Waals surface area contributed by atoms with Gasteiger partial charge in [-0.05, 0) is 33.1 Å². The van der Waals surface area contributed by atoms with E-state index >= 15 is 0 Å². The maximum Gasteiger partial charge on any atom is 0.0774 e. The lowest BCUT2D eigenvalue weighted by atomic mass is 10.1. The normalized spacial score (nSPS) is 13.1. The molecule has 0 radical (unpaired) electrons. The van der Waals surface area contributed by atoms with E-state index in [2.05, 4.69) is 6.08 Å². The number of rotatable bonds is 7. The van der Waals surface area contributed by atoms with Gasteiger partial charge in [0.2, 0.25) is 0 Å². The van der Waals surface area contributed by atoms with E-state index < -0.39 is 5.60 Å². The summed E-state index contributed by atoms with van der Waals surface area (Å²) in [4.78, 5) is 0. The molecule has 0 saturated carbocycles. The minimum atomic E-state index is -0.721. The molecule has 0 rings (SSSR count). The molecule has 0 spiro atoms. The first-order valence-corrected chi connectivity index (χ1v) is 5.24. The van der Waals surface area contributed by atoms with Gasteiger partial charge in [0.1, 0.15) is 0 Å². The second-order valence-electron chi connectivity index (χ2n) is 4.01. The molecular formula is C12H22O2. The Morgan fingerprint density at radius 3 is 2.36 bits per heavy atom. The van der Waals surface area contributed by atoms with E-state index in [0.717, 1.165) is 25.7 Å². The van der Waals surface area contributed by atoms with Crippen molar-refractivity contribution in [1.29, 1.82) is 0 Å². The first-order chi connectivity index (χ1) is 6.56. The van der Waals surface area contributed by atoms with Crippen molar-refractivity contribution < 1.29 is 10.2 Å². The summed E-state index contributed by atoms with van der Waals surface area (Å²) in [5, 5.41) is 17.9. The highest BCUT2D eigenvalue weighted by Gasteiger charge is 2.03. The number of unbranched alkanes of at least 4 members (excludes halogenated alkanes) is 3. The van der Waals surface area contributed by atoms with E-state index in [1.807, 2.05) is 12.2 Å². The summed E-state index contributed by atoms with van der Waals surface area (Å²) in [7, 11) is 0. The van der Waals surface area contributed by atoms with Crippen LogP contribution in [0.15, 0.2) is 24.3 Å². The Morgan fingerprint density at radius 2 is 1.79 bits per heavy atom. The van der Waals surface area contributed by atoms with Crippen molar-refractivity contribution in [1.82, 2.24) is 0 Å². The largest absolute Gasteiger partial charge is 0.396 e. The predicted molar refractivity (Wildman–Crippen MR) is 60.1 cm³/mol. The van der Waals surface area contributed by atoms with Gasteiger partial charge < -0.3 is 10.2 Å². The van der Waals surface area contributed by atoms with E-state index in [-0.39, 0.29) is 0 Å². The fourth-order valence-corrected chi connectivity index (χ4v) is 1.02. The molecule has 0 atom stereocenters. The third kappa shape index (κ3) is 11.4. The SMILES string of the molecule is CC(C)(O)/C=C/C=C/CCCCCO. The average Bonchev–Trinajstić information content (AvgIpc) is 2.08. The monoisotopic (exact) mass is 198 g/mol. The van der Waals surface area contributed by atoms with Gasteiger partial charge in [-0.2, -0.15) is 0 Å². The van der Waals surface area contributed by atoms with Crippen molar-refractivity contribution in [3.8, 4) is 0 Å². The molecule has 0 aliphatic heterocycles. The van der Waals surface area contributed by atoms with Crippen molar-refractivity contribution in [3.63, 3.8) is 0 Å². The smallest absolute Gasteiger partial charge is 0.0774 e. The van der Waals surface area contributed by atoms with Gasteiger partial charge in [0.25, 0.3) is 0 Å². The molecule has 0 aliphatic carbocycles. The second-order valence-corrected chi connectivity index (χ2v) is 4.01. The Morgan fingerprint density at radius 1 is 1.07 bits per heavy atom. The van der Waals surface area contributed by atoms with Gasteiger partial charge >= 0.3 is 0 Å². The molecule has 0 fully saturated rings. The lowest BCUT2D eigenvalue weighted by Gasteiger charge is -2.08. The molecule has 82 valence electrons. The Labute approximate surface area is 87.0 Å². The number of hydrogen-bond donors (Lipinski definition) is 2. The van der Waals surface area contributed by atoms with Crippen LogP contribution in [0.2, 0.25) is 0 Å². The quantitative estimate of drug-likeness (QED) is 0.487. The number of hydrogen-bond acceptors (Lipinski definition) is 2. The topological polar surface area (TPSA) is 40.5 Å². The summed E-state index contributed by atoms with van der Waals surface area (Å²) in [6.45, 7) is 3.79. The minimum Gasteiger partial charge on any atom is -0.396 e. The molecule has 0 aromatic heterocycles. The summed E-state index contributed by atoms with van der Waals surface area (Å²) >= 11 is 0. The molecule has 0 saturated heterocycles. The van der Waals surface area contributed by atoms with Crippen LogP contribution in [-0.2, 0) is 0 Å². The molecule has 0 amide bonds. The molecule has 0 aromatic rings. The van der Waals surface area contributed by atoms with Crippen LogP contribution in [0.4, 0.5) is 0 Å². The van der Waals surface area contributed by atoms with Crippen LogP contribution in [-0.4, -0.2) is 22.4 Å². The van der Waals surface area contributed by atoms with Gasteiger partial charge in [-0.25, -0.2) is 0 Å². The Bertz CT molecular complexity index is 175. The zero-order chi connectivity index (χ0) is 10.9. The maximum absolute atomic E-state index is 9.34. The molecule has 0 bridgehead atoms. The molecule has 0 aliphatic rings. The highest BCUT2D eigenvalue weighted by Crippen LogP contribution is 2.03. The zero-order valence-corrected chi connectivity index (χ0v) is 9.24. The lowest BCUT2D eigenvalue weighted by molar-refractivity contribution is 0.133. The summed E-state index contributed by atoms with van der Waals surface area (Å²) in [5.74, 6) is 0. The van der Waals surface area contributed by atoms with Crippen LogP contribution >= 0.6 is 0 Å². The molecule has 2 nitrogen and oxygen atoms in total. The summed E-state index contributed by atoms with van der Waals surface area (Å²) in [6.07, 6.45) is 11.8. The fourth-order valence-electron chi connectivity index (χ4n) is 1.02. The van der Waals surface area contributed by atoms with E-state index in [9.17, 15) is 5.11 Å². The van der Waals surface area contributed by atoms with Gasteiger partial charge in [-0.3, -0.25) is 0 Å². The van der Waals surface area contributed by atoms with E-state index in [0.29, 0.717) is 6.61 Å². The molecule has 2 heteroatoms. The number of allylic oxidation sites excluding steroid dienone is 3. The molecular weight excluding hydrogens is 176 g/mol. The molecule has 0 heterocycles. The fraction of sp³-hybridized carbons (Fsp3) is 0.667. The lowest BCUT2D eigenvalue weighted by Crippen LogP contribution is -2.13. The first-order valence-electron chi connectivity index (χ1n) is 5.24. The van der Waals surface area contributed by atoms with Crippen LogP contribution in [0.25, 0.3) is 0 Å². The minimum absolute atomic E-state index is 0.294. The van der Waals surface area contributed by atoms with E-state index in [1.54, 1.807) is 19.9 Å². The molecule has 0 unspecified atom stereocenters. The van der Waals surface area contributed by atoms with Gasteiger partial charge in [-0.15, -0.1) is 0 Å². The standard InChI is InChI=1S/C12H22O2/c1-12(2,14)10-8-6-4-3-5-7-9-11-13/h4,6,8,10,13-14H,3,5,7,9,11H2,1-2H3/b6-4+,10-8+. The second kappa shape index (κ2) is 7.77. The zero-order valence-electron chi connectivity index (χ0n) is 9.24. The van der Waals surface area contributed by atoms with E-state index in [4.69, 9.17) is 5.11 Å². The van der Waals surface area contributed by atoms with Crippen LogP contribution in [0.3, 0.4) is 0 Å². The summed E-state index contributed by atoms with van der Waals surface area (Å²) in [6, 6.07) is 0. The molecule has 0 aromatic carbocycles. The van der Waals surface area contributed by atoms with E-state index in [1.165, 1.54) is 0 Å². The first kappa shape index (κ1) is 13.4. The predicted octanol–water partition coefficient (Wildman–Crippen LogP) is 2.42. The summed E-state index contributed by atoms with van der Waals surface area (Å²) < 4.78 is 0. The Hall–Kier alpha value is -0.600. The van der Waals surface area contributed by atoms with Crippen molar-refractivity contribution in [2.45, 2.75) is 45.1 Å². The molecule has 2 N–H and O–H groups in total. The highest BCUT2D eigenvalue weighted by molar-refractivity contribution is 5.07. The van der Waals surface area contributed by atoms with Crippen molar-refractivity contribution in [2.24, 2.45) is 0 Å². The van der Waals surface area contributed by atoms with Crippen molar-refractivity contribution >= 4 is 0 Å². The van der Waals surface area contributed by atoms with Gasteiger partial charge in [0, 0.05) is 6.61 Å². The maximum atomic E-state index is 9.34. The Balaban J connectivity index is 3.41. The van der Waals surface area contributed by atoms with Gasteiger partial charge in [0.15, 0.2) is 0 Å². The van der Waals surface area contributed by atoms with Crippen molar-refractivity contribution in [3.05, 3.63) is 24.3 Å². The third-order valence-corrected chi connectivity index (χ3v) is 1.78. The van der Waals surface area contributed by atoms with Crippen LogP contribution in [0.5, 0.6) is 0 Å². The third-order valence-electron chi connectivity index (χ3n) is 1.78. The average molecular weight is 198 g/mol. The van der Waals surface area contributed by atoms with Gasteiger partial charge in [-0.1, -0.05) is 30.7 Å². The van der Waals surface area contributed by atoms with Crippen LogP contribution in [0.1, 0.15) is 39.5 Å². The van der Waals surface area contributed by atoms with Gasteiger partial charge in [0.05, 0.1) is 5.60 Å². The number of aliphatic hydroxyl groups excluding tert-OH is 1.